The molecule has 7 nitrogen and oxygen atoms in total. The van der Waals surface area contributed by atoms with Crippen LogP contribution in [0.25, 0.3) is 0 Å². The van der Waals surface area contributed by atoms with E-state index in [1.165, 1.54) is 11.1 Å². The molecule has 0 aliphatic heterocycles. The molecule has 4 N–H and O–H groups in total. The lowest BCUT2D eigenvalue weighted by atomic mass is 9.94. The van der Waals surface area contributed by atoms with E-state index in [1.807, 2.05) is 13.8 Å². The first-order valence-electron chi connectivity index (χ1n) is 11.2. The van der Waals surface area contributed by atoms with Crippen LogP contribution in [0.4, 0.5) is 5.95 Å². The Morgan fingerprint density at radius 3 is 2.77 bits per heavy atom. The van der Waals surface area contributed by atoms with Gasteiger partial charge in [-0.15, -0.1) is 0 Å². The Morgan fingerprint density at radius 1 is 1.23 bits per heavy atom. The molecule has 2 atom stereocenters. The zero-order valence-electron chi connectivity index (χ0n) is 19.2. The number of aromatic nitrogens is 2. The largest absolute Gasteiger partial charge is 0.390 e. The second-order valence-corrected chi connectivity index (χ2v) is 8.25. The van der Waals surface area contributed by atoms with E-state index in [1.54, 1.807) is 12.3 Å². The van der Waals surface area contributed by atoms with Crippen LogP contribution in [0.1, 0.15) is 63.9 Å². The number of hydrogen-bond donors (Lipinski definition) is 4. The van der Waals surface area contributed by atoms with Gasteiger partial charge in [-0.25, -0.2) is 9.97 Å². The van der Waals surface area contributed by atoms with Crippen molar-refractivity contribution in [1.82, 2.24) is 20.6 Å². The topological polar surface area (TPSA) is 99.2 Å². The number of aliphatic hydroxyl groups is 1. The van der Waals surface area contributed by atoms with Crippen LogP contribution in [0.3, 0.4) is 0 Å². The molecule has 0 spiro atoms. The number of anilines is 1. The maximum absolute atomic E-state index is 12.3. The van der Waals surface area contributed by atoms with Crippen molar-refractivity contribution in [3.63, 3.8) is 0 Å². The van der Waals surface area contributed by atoms with Gasteiger partial charge in [0.05, 0.1) is 6.10 Å². The van der Waals surface area contributed by atoms with Gasteiger partial charge in [0.15, 0.2) is 0 Å². The Balaban J connectivity index is 1.79. The van der Waals surface area contributed by atoms with Gasteiger partial charge in [0, 0.05) is 31.4 Å². The van der Waals surface area contributed by atoms with Crippen LogP contribution >= 0.6 is 0 Å². The van der Waals surface area contributed by atoms with E-state index in [0.29, 0.717) is 12.5 Å². The van der Waals surface area contributed by atoms with Gasteiger partial charge in [0.1, 0.15) is 5.69 Å². The molecule has 1 heterocycles. The molecule has 0 bridgehead atoms. The van der Waals surface area contributed by atoms with Crippen LogP contribution in [0.5, 0.6) is 0 Å². The molecule has 170 valence electrons. The van der Waals surface area contributed by atoms with Crippen molar-refractivity contribution in [2.45, 2.75) is 71.6 Å². The SMILES string of the molecule is CC/C1=C(CC(C)NCC(O)CNC(=O)c2ccnc(NC(C)C)n2)/C=C\C=C/CC1. The molecule has 31 heavy (non-hydrogen) atoms. The summed E-state index contributed by atoms with van der Waals surface area (Å²) in [6.07, 6.45) is 13.6. The summed E-state index contributed by atoms with van der Waals surface area (Å²) in [5.41, 5.74) is 3.15. The van der Waals surface area contributed by atoms with E-state index in [2.05, 4.69) is 64.1 Å². The smallest absolute Gasteiger partial charge is 0.270 e. The molecular formula is C24H37N5O2. The average Bonchev–Trinajstić information content (AvgIpc) is 2.72. The van der Waals surface area contributed by atoms with Gasteiger partial charge in [-0.05, 0) is 58.1 Å². The minimum atomic E-state index is -0.683. The first-order chi connectivity index (χ1) is 14.9. The minimum Gasteiger partial charge on any atom is -0.390 e. The van der Waals surface area contributed by atoms with Gasteiger partial charge in [-0.2, -0.15) is 0 Å². The van der Waals surface area contributed by atoms with Gasteiger partial charge in [0.2, 0.25) is 5.95 Å². The lowest BCUT2D eigenvalue weighted by Crippen LogP contribution is -2.41. The lowest BCUT2D eigenvalue weighted by molar-refractivity contribution is 0.0909. The third-order valence-electron chi connectivity index (χ3n) is 5.07. The van der Waals surface area contributed by atoms with E-state index in [9.17, 15) is 9.90 Å². The molecule has 1 aromatic rings. The number of carbonyl (C=O) groups is 1. The fourth-order valence-electron chi connectivity index (χ4n) is 3.42. The molecule has 1 aromatic heterocycles. The van der Waals surface area contributed by atoms with Crippen molar-refractivity contribution >= 4 is 11.9 Å². The molecule has 1 aliphatic rings. The van der Waals surface area contributed by atoms with Crippen molar-refractivity contribution < 1.29 is 9.90 Å². The number of amides is 1. The summed E-state index contributed by atoms with van der Waals surface area (Å²) in [6, 6.07) is 1.96. The van der Waals surface area contributed by atoms with Gasteiger partial charge < -0.3 is 21.1 Å². The zero-order valence-corrected chi connectivity index (χ0v) is 19.2. The van der Waals surface area contributed by atoms with Gasteiger partial charge in [-0.3, -0.25) is 4.79 Å². The second kappa shape index (κ2) is 13.0. The monoisotopic (exact) mass is 427 g/mol. The highest BCUT2D eigenvalue weighted by Gasteiger charge is 2.14. The molecule has 0 radical (unpaired) electrons. The average molecular weight is 428 g/mol. The predicted octanol–water partition coefficient (Wildman–Crippen LogP) is 3.37. The quantitative estimate of drug-likeness (QED) is 0.432. The molecule has 2 unspecified atom stereocenters. The van der Waals surface area contributed by atoms with Crippen LogP contribution in [0, 0.1) is 0 Å². The Labute approximate surface area is 186 Å². The third kappa shape index (κ3) is 9.02. The normalized spacial score (nSPS) is 20.5. The zero-order chi connectivity index (χ0) is 22.6. The van der Waals surface area contributed by atoms with Crippen molar-refractivity contribution in [2.24, 2.45) is 0 Å². The van der Waals surface area contributed by atoms with Gasteiger partial charge in [-0.1, -0.05) is 36.8 Å². The Bertz CT molecular complexity index is 801. The highest BCUT2D eigenvalue weighted by molar-refractivity contribution is 5.92. The molecule has 7 heteroatoms. The summed E-state index contributed by atoms with van der Waals surface area (Å²) in [5, 5.41) is 19.5. The van der Waals surface area contributed by atoms with Crippen molar-refractivity contribution in [2.75, 3.05) is 18.4 Å². The number of nitrogens with zero attached hydrogens (tertiary/aromatic N) is 2. The van der Waals surface area contributed by atoms with E-state index in [0.717, 1.165) is 25.7 Å². The second-order valence-electron chi connectivity index (χ2n) is 8.25. The van der Waals surface area contributed by atoms with Crippen LogP contribution < -0.4 is 16.0 Å². The maximum atomic E-state index is 12.3. The van der Waals surface area contributed by atoms with E-state index < -0.39 is 6.10 Å². The number of aliphatic hydroxyl groups excluding tert-OH is 1. The van der Waals surface area contributed by atoms with E-state index in [4.69, 9.17) is 0 Å². The molecule has 0 fully saturated rings. The summed E-state index contributed by atoms with van der Waals surface area (Å²) >= 11 is 0. The number of hydrogen-bond acceptors (Lipinski definition) is 6. The predicted molar refractivity (Wildman–Crippen MR) is 126 cm³/mol. The molecule has 1 amide bonds. The maximum Gasteiger partial charge on any atom is 0.270 e. The van der Waals surface area contributed by atoms with Crippen LogP contribution in [0.2, 0.25) is 0 Å². The van der Waals surface area contributed by atoms with Crippen LogP contribution in [-0.2, 0) is 0 Å². The first-order valence-corrected chi connectivity index (χ1v) is 11.2. The van der Waals surface area contributed by atoms with E-state index in [-0.39, 0.29) is 30.2 Å². The summed E-state index contributed by atoms with van der Waals surface area (Å²) in [5.74, 6) is 0.0879. The van der Waals surface area contributed by atoms with Crippen LogP contribution in [0.15, 0.2) is 47.7 Å². The van der Waals surface area contributed by atoms with Crippen molar-refractivity contribution in [3.05, 3.63) is 53.4 Å². The highest BCUT2D eigenvalue weighted by Crippen LogP contribution is 2.22. The van der Waals surface area contributed by atoms with Crippen molar-refractivity contribution in [1.29, 1.82) is 0 Å². The molecule has 0 aromatic carbocycles. The van der Waals surface area contributed by atoms with Gasteiger partial charge >= 0.3 is 0 Å². The van der Waals surface area contributed by atoms with Gasteiger partial charge in [0.25, 0.3) is 5.91 Å². The minimum absolute atomic E-state index is 0.156. The molecular weight excluding hydrogens is 390 g/mol. The number of rotatable bonds is 11. The number of allylic oxidation sites excluding steroid dienone is 5. The standard InChI is InChI=1S/C24H37N5O2/c1-5-19-10-8-6-7-9-11-20(19)14-18(4)26-15-21(30)16-27-23(31)22-12-13-25-24(29-22)28-17(2)3/h6-7,9,11-13,17-18,21,26,30H,5,8,10,14-16H2,1-4H3,(H,27,31)(H,25,28,29)/b7-6-,11-9-,20-19+. The van der Waals surface area contributed by atoms with E-state index >= 15 is 0 Å². The first kappa shape index (κ1) is 24.8. The Kier molecular flexibility index (Phi) is 10.4. The third-order valence-corrected chi connectivity index (χ3v) is 5.07. The number of nitrogens with one attached hydrogen (secondary N) is 3. The molecule has 2 rings (SSSR count). The number of carbonyl (C=O) groups excluding carboxylic acids is 1. The fourth-order valence-corrected chi connectivity index (χ4v) is 3.42. The molecule has 0 saturated carbocycles. The van der Waals surface area contributed by atoms with Crippen LogP contribution in [-0.4, -0.2) is 52.3 Å². The highest BCUT2D eigenvalue weighted by atomic mass is 16.3. The Hall–Kier alpha value is -2.51. The Morgan fingerprint density at radius 2 is 2.03 bits per heavy atom. The fraction of sp³-hybridized carbons (Fsp3) is 0.542. The molecule has 0 saturated heterocycles. The summed E-state index contributed by atoms with van der Waals surface area (Å²) in [4.78, 5) is 20.7. The molecule has 1 aliphatic carbocycles. The summed E-state index contributed by atoms with van der Waals surface area (Å²) < 4.78 is 0. The van der Waals surface area contributed by atoms with Crippen molar-refractivity contribution in [3.8, 4) is 0 Å². The summed E-state index contributed by atoms with van der Waals surface area (Å²) in [6.45, 7) is 8.85. The lowest BCUT2D eigenvalue weighted by Gasteiger charge is -2.20. The summed E-state index contributed by atoms with van der Waals surface area (Å²) in [7, 11) is 0.